The van der Waals surface area contributed by atoms with Gasteiger partial charge in [-0.25, -0.2) is 4.98 Å². The molecule has 0 atom stereocenters. The van der Waals surface area contributed by atoms with Crippen molar-refractivity contribution >= 4 is 6.08 Å². The lowest BCUT2D eigenvalue weighted by Crippen LogP contribution is -1.89. The molecule has 2 nitrogen and oxygen atoms in total. The molecular formula is C11H18N2. The van der Waals surface area contributed by atoms with Gasteiger partial charge in [-0.1, -0.05) is 26.8 Å². The van der Waals surface area contributed by atoms with Crippen molar-refractivity contribution in [2.45, 2.75) is 40.0 Å². The third-order valence-electron chi connectivity index (χ3n) is 2.00. The van der Waals surface area contributed by atoms with E-state index in [2.05, 4.69) is 49.8 Å². The normalized spacial score (nSPS) is 11.8. The van der Waals surface area contributed by atoms with Crippen LogP contribution in [0.3, 0.4) is 0 Å². The van der Waals surface area contributed by atoms with Crippen LogP contribution < -0.4 is 0 Å². The number of rotatable bonds is 3. The topological polar surface area (TPSA) is 28.7 Å². The Hall–Kier alpha value is -1.05. The lowest BCUT2D eigenvalue weighted by molar-refractivity contribution is 0.791. The first-order valence-electron chi connectivity index (χ1n) is 4.88. The van der Waals surface area contributed by atoms with Gasteiger partial charge in [-0.15, -0.1) is 0 Å². The Kier molecular flexibility index (Phi) is 3.29. The molecule has 0 fully saturated rings. The number of nitrogens with one attached hydrogen (secondary N) is 1. The molecule has 0 unspecified atom stereocenters. The van der Waals surface area contributed by atoms with E-state index in [-0.39, 0.29) is 0 Å². The van der Waals surface area contributed by atoms with Crippen LogP contribution in [0.15, 0.2) is 6.08 Å². The Labute approximate surface area is 80.1 Å². The number of hydrogen-bond donors (Lipinski definition) is 1. The van der Waals surface area contributed by atoms with Gasteiger partial charge in [0.05, 0.1) is 5.69 Å². The zero-order valence-corrected chi connectivity index (χ0v) is 8.89. The molecule has 0 aromatic carbocycles. The summed E-state index contributed by atoms with van der Waals surface area (Å²) < 4.78 is 0. The zero-order valence-electron chi connectivity index (χ0n) is 8.89. The van der Waals surface area contributed by atoms with E-state index in [0.717, 1.165) is 23.6 Å². The van der Waals surface area contributed by atoms with Gasteiger partial charge in [0.15, 0.2) is 0 Å². The second-order valence-corrected chi connectivity index (χ2v) is 3.60. The van der Waals surface area contributed by atoms with Gasteiger partial charge in [-0.05, 0) is 19.4 Å². The summed E-state index contributed by atoms with van der Waals surface area (Å²) in [6.45, 7) is 8.48. The molecule has 1 N–H and O–H groups in total. The monoisotopic (exact) mass is 178 g/mol. The maximum Gasteiger partial charge on any atom is 0.109 e. The molecule has 72 valence electrons. The first-order chi connectivity index (χ1) is 6.15. The second kappa shape index (κ2) is 4.26. The van der Waals surface area contributed by atoms with E-state index in [0.29, 0.717) is 5.92 Å². The van der Waals surface area contributed by atoms with E-state index in [1.165, 1.54) is 0 Å². The van der Waals surface area contributed by atoms with E-state index >= 15 is 0 Å². The minimum absolute atomic E-state index is 0.475. The first kappa shape index (κ1) is 10.0. The quantitative estimate of drug-likeness (QED) is 0.756. The number of hydrogen-bond acceptors (Lipinski definition) is 1. The molecule has 2 heteroatoms. The van der Waals surface area contributed by atoms with Gasteiger partial charge in [0.2, 0.25) is 0 Å². The number of aromatic amines is 1. The minimum Gasteiger partial charge on any atom is -0.345 e. The van der Waals surface area contributed by atoms with E-state index in [4.69, 9.17) is 0 Å². The van der Waals surface area contributed by atoms with Crippen molar-refractivity contribution in [1.82, 2.24) is 9.97 Å². The number of nitrogens with zero attached hydrogens (tertiary/aromatic N) is 1. The molecule has 13 heavy (non-hydrogen) atoms. The average molecular weight is 178 g/mol. The summed E-state index contributed by atoms with van der Waals surface area (Å²) in [4.78, 5) is 7.80. The summed E-state index contributed by atoms with van der Waals surface area (Å²) in [5, 5.41) is 0. The smallest absolute Gasteiger partial charge is 0.109 e. The van der Waals surface area contributed by atoms with Crippen molar-refractivity contribution in [3.63, 3.8) is 0 Å². The molecule has 0 amide bonds. The van der Waals surface area contributed by atoms with Crippen LogP contribution in [0, 0.1) is 6.92 Å². The van der Waals surface area contributed by atoms with Crippen LogP contribution in [-0.4, -0.2) is 9.97 Å². The second-order valence-electron chi connectivity index (χ2n) is 3.60. The van der Waals surface area contributed by atoms with Crippen LogP contribution in [0.5, 0.6) is 0 Å². The fourth-order valence-corrected chi connectivity index (χ4v) is 1.16. The Morgan fingerprint density at radius 1 is 1.46 bits per heavy atom. The number of allylic oxidation sites excluding steroid dienone is 1. The predicted molar refractivity (Wildman–Crippen MR) is 56.7 cm³/mol. The minimum atomic E-state index is 0.475. The van der Waals surface area contributed by atoms with Gasteiger partial charge in [0.1, 0.15) is 5.82 Å². The zero-order chi connectivity index (χ0) is 9.84. The Bertz CT molecular complexity index is 295. The van der Waals surface area contributed by atoms with Gasteiger partial charge < -0.3 is 4.98 Å². The predicted octanol–water partition coefficient (Wildman–Crippen LogP) is 3.26. The highest BCUT2D eigenvalue weighted by Gasteiger charge is 2.06. The molecule has 1 rings (SSSR count). The van der Waals surface area contributed by atoms with Crippen molar-refractivity contribution in [3.8, 4) is 0 Å². The summed E-state index contributed by atoms with van der Waals surface area (Å²) in [5.74, 6) is 1.55. The van der Waals surface area contributed by atoms with Gasteiger partial charge in [0.25, 0.3) is 0 Å². The molecule has 0 aliphatic rings. The van der Waals surface area contributed by atoms with Gasteiger partial charge in [0, 0.05) is 11.6 Å². The number of H-pyrrole nitrogens is 1. The van der Waals surface area contributed by atoms with E-state index < -0.39 is 0 Å². The highest BCUT2D eigenvalue weighted by atomic mass is 14.9. The summed E-state index contributed by atoms with van der Waals surface area (Å²) in [6, 6.07) is 0. The van der Waals surface area contributed by atoms with Crippen LogP contribution in [0.2, 0.25) is 0 Å². The summed E-state index contributed by atoms with van der Waals surface area (Å²) in [7, 11) is 0. The fourth-order valence-electron chi connectivity index (χ4n) is 1.16. The number of aryl methyl sites for hydroxylation is 1. The van der Waals surface area contributed by atoms with Crippen LogP contribution in [0.4, 0.5) is 0 Å². The van der Waals surface area contributed by atoms with Crippen molar-refractivity contribution < 1.29 is 0 Å². The highest BCUT2D eigenvalue weighted by Crippen LogP contribution is 2.14. The molecule has 0 saturated carbocycles. The molecule has 0 aliphatic carbocycles. The Balaban J connectivity index is 2.90. The van der Waals surface area contributed by atoms with Crippen molar-refractivity contribution in [2.75, 3.05) is 0 Å². The lowest BCUT2D eigenvalue weighted by atomic mass is 10.2. The van der Waals surface area contributed by atoms with Crippen molar-refractivity contribution in [3.05, 3.63) is 23.3 Å². The summed E-state index contributed by atoms with van der Waals surface area (Å²) >= 11 is 0. The molecule has 0 aliphatic heterocycles. The molecule has 0 saturated heterocycles. The summed E-state index contributed by atoms with van der Waals surface area (Å²) in [5.41, 5.74) is 2.24. The van der Waals surface area contributed by atoms with Crippen LogP contribution in [0.1, 0.15) is 50.3 Å². The average Bonchev–Trinajstić information content (AvgIpc) is 2.44. The molecule has 1 aromatic heterocycles. The van der Waals surface area contributed by atoms with Gasteiger partial charge in [-0.2, -0.15) is 0 Å². The molecule has 0 spiro atoms. The lowest BCUT2D eigenvalue weighted by Gasteiger charge is -1.96. The molecule has 0 bridgehead atoms. The van der Waals surface area contributed by atoms with E-state index in [1.54, 1.807) is 0 Å². The van der Waals surface area contributed by atoms with E-state index in [9.17, 15) is 0 Å². The Morgan fingerprint density at radius 3 is 2.62 bits per heavy atom. The molecule has 1 aromatic rings. The molecular weight excluding hydrogens is 160 g/mol. The van der Waals surface area contributed by atoms with Crippen molar-refractivity contribution in [1.29, 1.82) is 0 Å². The maximum absolute atomic E-state index is 4.50. The van der Waals surface area contributed by atoms with Crippen LogP contribution in [-0.2, 0) is 0 Å². The van der Waals surface area contributed by atoms with E-state index in [1.807, 2.05) is 0 Å². The summed E-state index contributed by atoms with van der Waals surface area (Å²) in [6.07, 6.45) is 5.27. The third kappa shape index (κ3) is 2.44. The van der Waals surface area contributed by atoms with Crippen LogP contribution in [0.25, 0.3) is 6.08 Å². The molecule has 0 radical (unpaired) electrons. The Morgan fingerprint density at radius 2 is 2.15 bits per heavy atom. The first-order valence-corrected chi connectivity index (χ1v) is 4.88. The maximum atomic E-state index is 4.50. The van der Waals surface area contributed by atoms with Crippen molar-refractivity contribution in [2.24, 2.45) is 0 Å². The number of imidazole rings is 1. The standard InChI is InChI=1S/C11H18N2/c1-5-6-7-10-9(4)12-11(13-10)8(2)3/h6-8H,5H2,1-4H3,(H,12,13)/b7-6-. The molecule has 1 heterocycles. The van der Waals surface area contributed by atoms with Crippen LogP contribution >= 0.6 is 0 Å². The third-order valence-corrected chi connectivity index (χ3v) is 2.00. The highest BCUT2D eigenvalue weighted by molar-refractivity contribution is 5.47. The fraction of sp³-hybridized carbons (Fsp3) is 0.545. The largest absolute Gasteiger partial charge is 0.345 e. The van der Waals surface area contributed by atoms with Gasteiger partial charge >= 0.3 is 0 Å². The van der Waals surface area contributed by atoms with Gasteiger partial charge in [-0.3, -0.25) is 0 Å². The number of aromatic nitrogens is 2. The SMILES string of the molecule is CC/C=C\c1nc(C(C)C)[nH]c1C.